The molecule has 0 saturated heterocycles. The first-order valence-electron chi connectivity index (χ1n) is 10.2. The summed E-state index contributed by atoms with van der Waals surface area (Å²) in [6.45, 7) is 0.0117. The molecule has 5 nitrogen and oxygen atoms in total. The van der Waals surface area contributed by atoms with Gasteiger partial charge in [-0.2, -0.15) is 0 Å². The standard InChI is InChI=1S/C25H21F2N3O2/c26-18-9-7-16(8-10-18)17-12-23(29-14-17)24-21(5-3-6-22(24)27)25(32)30-20(15-31)13-19-4-1-2-11-28-19/h1-12,20,31H,13-15H2,(H,30,32)/t20-/m1/s1. The van der Waals surface area contributed by atoms with Crippen LogP contribution in [-0.4, -0.2) is 40.9 Å². The Morgan fingerprint density at radius 2 is 1.88 bits per heavy atom. The number of carbonyl (C=O) groups is 1. The molecule has 0 fully saturated rings. The number of amides is 1. The second-order valence-electron chi connectivity index (χ2n) is 7.42. The molecule has 2 aromatic carbocycles. The third-order valence-electron chi connectivity index (χ3n) is 5.20. The van der Waals surface area contributed by atoms with Gasteiger partial charge < -0.3 is 10.4 Å². The van der Waals surface area contributed by atoms with Crippen molar-refractivity contribution in [3.05, 3.63) is 107 Å². The molecule has 1 amide bonds. The van der Waals surface area contributed by atoms with Crippen molar-refractivity contribution >= 4 is 17.2 Å². The zero-order valence-corrected chi connectivity index (χ0v) is 17.1. The third-order valence-corrected chi connectivity index (χ3v) is 5.20. The molecule has 0 saturated carbocycles. The molecule has 2 heterocycles. The molecule has 2 N–H and O–H groups in total. The lowest BCUT2D eigenvalue weighted by atomic mass is 9.99. The van der Waals surface area contributed by atoms with Crippen LogP contribution in [0.25, 0.3) is 5.57 Å². The minimum absolute atomic E-state index is 0.0941. The molecule has 1 aliphatic heterocycles. The number of hydrogen-bond acceptors (Lipinski definition) is 4. The number of aliphatic hydroxyl groups is 1. The second kappa shape index (κ2) is 9.62. The maximum absolute atomic E-state index is 14.8. The van der Waals surface area contributed by atoms with Gasteiger partial charge in [-0.3, -0.25) is 14.8 Å². The van der Waals surface area contributed by atoms with E-state index < -0.39 is 17.8 Å². The van der Waals surface area contributed by atoms with E-state index in [-0.39, 0.29) is 23.6 Å². The number of pyridine rings is 1. The van der Waals surface area contributed by atoms with E-state index in [4.69, 9.17) is 0 Å². The van der Waals surface area contributed by atoms with Crippen LogP contribution in [0.2, 0.25) is 0 Å². The van der Waals surface area contributed by atoms with E-state index in [1.54, 1.807) is 36.5 Å². The quantitative estimate of drug-likeness (QED) is 0.598. The summed E-state index contributed by atoms with van der Waals surface area (Å²) in [6.07, 6.45) is 3.68. The first-order chi connectivity index (χ1) is 15.5. The molecule has 0 spiro atoms. The van der Waals surface area contributed by atoms with E-state index in [0.29, 0.717) is 18.7 Å². The van der Waals surface area contributed by atoms with E-state index in [2.05, 4.69) is 15.3 Å². The Morgan fingerprint density at radius 3 is 2.59 bits per heavy atom. The van der Waals surface area contributed by atoms with Gasteiger partial charge in [-0.05, 0) is 53.6 Å². The number of halogens is 2. The fourth-order valence-electron chi connectivity index (χ4n) is 3.59. The number of aliphatic hydroxyl groups excluding tert-OH is 1. The molecule has 4 rings (SSSR count). The lowest BCUT2D eigenvalue weighted by Crippen LogP contribution is -2.40. The molecule has 0 aliphatic carbocycles. The van der Waals surface area contributed by atoms with Crippen LogP contribution < -0.4 is 5.32 Å². The number of hydrogen-bond donors (Lipinski definition) is 2. The van der Waals surface area contributed by atoms with Gasteiger partial charge in [-0.15, -0.1) is 0 Å². The highest BCUT2D eigenvalue weighted by molar-refractivity contribution is 6.19. The predicted octanol–water partition coefficient (Wildman–Crippen LogP) is 3.58. The Balaban J connectivity index is 1.58. The van der Waals surface area contributed by atoms with E-state index in [1.807, 2.05) is 6.07 Å². The lowest BCUT2D eigenvalue weighted by Gasteiger charge is -2.17. The highest BCUT2D eigenvalue weighted by Crippen LogP contribution is 2.25. The van der Waals surface area contributed by atoms with Crippen LogP contribution in [0, 0.1) is 11.6 Å². The first-order valence-corrected chi connectivity index (χ1v) is 10.2. The maximum Gasteiger partial charge on any atom is 0.252 e. The molecule has 1 aromatic heterocycles. The monoisotopic (exact) mass is 433 g/mol. The van der Waals surface area contributed by atoms with Crippen LogP contribution in [0.4, 0.5) is 8.78 Å². The topological polar surface area (TPSA) is 74.6 Å². The van der Waals surface area contributed by atoms with Crippen molar-refractivity contribution in [3.63, 3.8) is 0 Å². The maximum atomic E-state index is 14.8. The van der Waals surface area contributed by atoms with E-state index in [1.165, 1.54) is 30.3 Å². The molecule has 7 heteroatoms. The minimum Gasteiger partial charge on any atom is -0.394 e. The first kappa shape index (κ1) is 21.5. The summed E-state index contributed by atoms with van der Waals surface area (Å²) in [5.74, 6) is -1.43. The van der Waals surface area contributed by atoms with Gasteiger partial charge in [0.25, 0.3) is 5.91 Å². The Hall–Kier alpha value is -3.71. The second-order valence-corrected chi connectivity index (χ2v) is 7.42. The number of nitrogens with one attached hydrogen (secondary N) is 1. The fourth-order valence-corrected chi connectivity index (χ4v) is 3.59. The van der Waals surface area contributed by atoms with Crippen LogP contribution in [0.3, 0.4) is 0 Å². The number of aromatic nitrogens is 1. The molecule has 1 aliphatic rings. The highest BCUT2D eigenvalue weighted by Gasteiger charge is 2.23. The summed E-state index contributed by atoms with van der Waals surface area (Å²) in [5, 5.41) is 12.5. The number of rotatable bonds is 7. The van der Waals surface area contributed by atoms with Gasteiger partial charge in [0.2, 0.25) is 0 Å². The van der Waals surface area contributed by atoms with Gasteiger partial charge in [0, 0.05) is 23.9 Å². The molecule has 162 valence electrons. The largest absolute Gasteiger partial charge is 0.394 e. The van der Waals surface area contributed by atoms with Crippen LogP contribution in [0.5, 0.6) is 0 Å². The number of carbonyl (C=O) groups excluding carboxylic acids is 1. The zero-order chi connectivity index (χ0) is 22.5. The minimum atomic E-state index is -0.579. The van der Waals surface area contributed by atoms with Crippen molar-refractivity contribution in [2.24, 2.45) is 4.99 Å². The molecule has 3 aromatic rings. The van der Waals surface area contributed by atoms with Gasteiger partial charge >= 0.3 is 0 Å². The van der Waals surface area contributed by atoms with Crippen LogP contribution in [0.15, 0.2) is 77.9 Å². The molecular formula is C25H21F2N3O2. The lowest BCUT2D eigenvalue weighted by molar-refractivity contribution is 0.0915. The highest BCUT2D eigenvalue weighted by atomic mass is 19.1. The summed E-state index contributed by atoms with van der Waals surface area (Å²) in [4.78, 5) is 21.6. The smallest absolute Gasteiger partial charge is 0.252 e. The summed E-state index contributed by atoms with van der Waals surface area (Å²) in [5.41, 5.74) is 2.87. The summed E-state index contributed by atoms with van der Waals surface area (Å²) in [7, 11) is 0. The van der Waals surface area contributed by atoms with Gasteiger partial charge in [0.05, 0.1) is 30.5 Å². The van der Waals surface area contributed by atoms with Crippen molar-refractivity contribution in [3.8, 4) is 0 Å². The van der Waals surface area contributed by atoms with Crippen molar-refractivity contribution in [1.82, 2.24) is 10.3 Å². The molecule has 32 heavy (non-hydrogen) atoms. The van der Waals surface area contributed by atoms with Crippen molar-refractivity contribution in [1.29, 1.82) is 0 Å². The van der Waals surface area contributed by atoms with Crippen molar-refractivity contribution < 1.29 is 18.7 Å². The van der Waals surface area contributed by atoms with Crippen LogP contribution >= 0.6 is 0 Å². The van der Waals surface area contributed by atoms with Crippen LogP contribution in [-0.2, 0) is 6.42 Å². The molecular weight excluding hydrogens is 412 g/mol. The molecule has 0 unspecified atom stereocenters. The average molecular weight is 433 g/mol. The molecule has 0 radical (unpaired) electrons. The zero-order valence-electron chi connectivity index (χ0n) is 17.1. The van der Waals surface area contributed by atoms with E-state index >= 15 is 0 Å². The number of nitrogens with zero attached hydrogens (tertiary/aromatic N) is 2. The Morgan fingerprint density at radius 1 is 1.06 bits per heavy atom. The average Bonchev–Trinajstić information content (AvgIpc) is 3.29. The van der Waals surface area contributed by atoms with Gasteiger partial charge in [-0.25, -0.2) is 8.78 Å². The summed E-state index contributed by atoms with van der Waals surface area (Å²) >= 11 is 0. The number of aliphatic imine (C=N–C) groups is 1. The van der Waals surface area contributed by atoms with E-state index in [9.17, 15) is 18.7 Å². The molecule has 0 bridgehead atoms. The predicted molar refractivity (Wildman–Crippen MR) is 118 cm³/mol. The number of benzene rings is 2. The third kappa shape index (κ3) is 4.78. The van der Waals surface area contributed by atoms with Crippen molar-refractivity contribution in [2.75, 3.05) is 13.2 Å². The van der Waals surface area contributed by atoms with E-state index in [0.717, 1.165) is 16.8 Å². The normalized spacial score (nSPS) is 14.0. The van der Waals surface area contributed by atoms with Gasteiger partial charge in [0.15, 0.2) is 0 Å². The Kier molecular flexibility index (Phi) is 6.47. The van der Waals surface area contributed by atoms with Crippen LogP contribution in [0.1, 0.15) is 27.2 Å². The Bertz CT molecular complexity index is 1180. The van der Waals surface area contributed by atoms with Crippen molar-refractivity contribution in [2.45, 2.75) is 12.5 Å². The van der Waals surface area contributed by atoms with Gasteiger partial charge in [-0.1, -0.05) is 24.3 Å². The fraction of sp³-hybridized carbons (Fsp3) is 0.160. The van der Waals surface area contributed by atoms with Gasteiger partial charge in [0.1, 0.15) is 11.6 Å². The molecule has 1 atom stereocenters. The summed E-state index contributed by atoms with van der Waals surface area (Å²) < 4.78 is 28.0. The number of allylic oxidation sites excluding steroid dienone is 1. The Labute approximate surface area is 184 Å². The SMILES string of the molecule is O=C(N[C@@H](CO)Cc1ccccn1)c1cccc(F)c1C1=NCC(c2ccc(F)cc2)=C1. The summed E-state index contributed by atoms with van der Waals surface area (Å²) in [6, 6.07) is 15.1.